The van der Waals surface area contributed by atoms with E-state index in [-0.39, 0.29) is 16.4 Å². The van der Waals surface area contributed by atoms with Crippen molar-refractivity contribution in [3.05, 3.63) is 16.3 Å². The molecule has 2 heterocycles. The minimum Gasteiger partial charge on any atom is -0.394 e. The average molecular weight is 318 g/mol. The van der Waals surface area contributed by atoms with Crippen LogP contribution in [-0.2, 0) is 10.0 Å². The first kappa shape index (κ1) is 15.4. The topological polar surface area (TPSA) is 86.7 Å². The lowest BCUT2D eigenvalue weighted by Gasteiger charge is -2.16. The third-order valence-corrected chi connectivity index (χ3v) is 6.15. The Hall–Kier alpha value is -0.960. The largest absolute Gasteiger partial charge is 0.394 e. The summed E-state index contributed by atoms with van der Waals surface area (Å²) in [7, 11) is -3.59. The molecule has 1 aromatic heterocycles. The number of nitrogens with one attached hydrogen (secondary N) is 1. The van der Waals surface area contributed by atoms with Crippen molar-refractivity contribution in [2.45, 2.75) is 30.7 Å². The lowest BCUT2D eigenvalue weighted by molar-refractivity contribution is 0.0923. The molecule has 0 saturated carbocycles. The predicted molar refractivity (Wildman–Crippen MR) is 76.3 cm³/mol. The van der Waals surface area contributed by atoms with Crippen molar-refractivity contribution in [3.8, 4) is 0 Å². The molecule has 112 valence electrons. The SMILES string of the molecule is CC(CO)NC(=O)c1sccc1S(=O)(=O)N1CCCC1. The van der Waals surface area contributed by atoms with Gasteiger partial charge in [0, 0.05) is 19.1 Å². The summed E-state index contributed by atoms with van der Waals surface area (Å²) in [6.07, 6.45) is 1.71. The number of rotatable bonds is 5. The van der Waals surface area contributed by atoms with Crippen molar-refractivity contribution >= 4 is 27.3 Å². The van der Waals surface area contributed by atoms with E-state index in [1.165, 1.54) is 10.4 Å². The first-order chi connectivity index (χ1) is 9.46. The monoisotopic (exact) mass is 318 g/mol. The zero-order chi connectivity index (χ0) is 14.8. The number of amides is 1. The van der Waals surface area contributed by atoms with Crippen LogP contribution in [-0.4, -0.2) is 49.5 Å². The van der Waals surface area contributed by atoms with Crippen LogP contribution in [0.1, 0.15) is 29.4 Å². The molecule has 0 radical (unpaired) electrons. The van der Waals surface area contributed by atoms with Crippen molar-refractivity contribution in [1.82, 2.24) is 9.62 Å². The van der Waals surface area contributed by atoms with Crippen molar-refractivity contribution in [1.29, 1.82) is 0 Å². The second-order valence-electron chi connectivity index (χ2n) is 4.78. The molecule has 20 heavy (non-hydrogen) atoms. The normalized spacial score (nSPS) is 18.1. The smallest absolute Gasteiger partial charge is 0.263 e. The van der Waals surface area contributed by atoms with Crippen molar-refractivity contribution in [3.63, 3.8) is 0 Å². The van der Waals surface area contributed by atoms with E-state index in [0.717, 1.165) is 24.2 Å². The van der Waals surface area contributed by atoms with Crippen LogP contribution in [0.3, 0.4) is 0 Å². The van der Waals surface area contributed by atoms with E-state index in [4.69, 9.17) is 5.11 Å². The van der Waals surface area contributed by atoms with E-state index >= 15 is 0 Å². The minimum atomic E-state index is -3.59. The maximum absolute atomic E-state index is 12.5. The summed E-state index contributed by atoms with van der Waals surface area (Å²) in [6, 6.07) is 1.06. The summed E-state index contributed by atoms with van der Waals surface area (Å²) in [5.41, 5.74) is 0. The number of thiophene rings is 1. The highest BCUT2D eigenvalue weighted by molar-refractivity contribution is 7.89. The van der Waals surface area contributed by atoms with Crippen LogP contribution >= 0.6 is 11.3 Å². The molecule has 1 amide bonds. The molecular formula is C12H18N2O4S2. The Labute approximate surface area is 122 Å². The van der Waals surface area contributed by atoms with Crippen LogP contribution in [0.15, 0.2) is 16.3 Å². The van der Waals surface area contributed by atoms with Gasteiger partial charge in [0.1, 0.15) is 9.77 Å². The maximum Gasteiger partial charge on any atom is 0.263 e. The predicted octanol–water partition coefficient (Wildman–Crippen LogP) is 0.643. The van der Waals surface area contributed by atoms with Gasteiger partial charge in [-0.25, -0.2) is 8.42 Å². The molecule has 1 unspecified atom stereocenters. The molecule has 1 aliphatic rings. The molecule has 1 aliphatic heterocycles. The zero-order valence-electron chi connectivity index (χ0n) is 11.2. The van der Waals surface area contributed by atoms with E-state index in [1.54, 1.807) is 12.3 Å². The van der Waals surface area contributed by atoms with Gasteiger partial charge in [-0.15, -0.1) is 11.3 Å². The highest BCUT2D eigenvalue weighted by Crippen LogP contribution is 2.27. The van der Waals surface area contributed by atoms with Crippen LogP contribution in [0.2, 0.25) is 0 Å². The van der Waals surface area contributed by atoms with E-state index in [2.05, 4.69) is 5.32 Å². The molecular weight excluding hydrogens is 300 g/mol. The fourth-order valence-corrected chi connectivity index (χ4v) is 4.89. The van der Waals surface area contributed by atoms with E-state index in [9.17, 15) is 13.2 Å². The van der Waals surface area contributed by atoms with Gasteiger partial charge >= 0.3 is 0 Å². The van der Waals surface area contributed by atoms with Gasteiger partial charge in [-0.1, -0.05) is 0 Å². The molecule has 1 atom stereocenters. The molecule has 2 N–H and O–H groups in total. The summed E-state index contributed by atoms with van der Waals surface area (Å²) in [5.74, 6) is -0.459. The van der Waals surface area contributed by atoms with Gasteiger partial charge in [0.15, 0.2) is 0 Å². The molecule has 2 rings (SSSR count). The van der Waals surface area contributed by atoms with E-state index in [0.29, 0.717) is 13.1 Å². The molecule has 1 aromatic rings. The Kier molecular flexibility index (Phi) is 4.79. The van der Waals surface area contributed by atoms with Crippen LogP contribution in [0.4, 0.5) is 0 Å². The van der Waals surface area contributed by atoms with Gasteiger partial charge in [0.2, 0.25) is 10.0 Å². The number of hydrogen-bond acceptors (Lipinski definition) is 5. The van der Waals surface area contributed by atoms with Crippen LogP contribution in [0.25, 0.3) is 0 Å². The Bertz CT molecular complexity index is 576. The third-order valence-electron chi connectivity index (χ3n) is 3.17. The van der Waals surface area contributed by atoms with Gasteiger partial charge in [0.25, 0.3) is 5.91 Å². The molecule has 1 fully saturated rings. The van der Waals surface area contributed by atoms with Crippen LogP contribution in [0, 0.1) is 0 Å². The second-order valence-corrected chi connectivity index (χ2v) is 7.60. The Morgan fingerprint density at radius 1 is 1.50 bits per heavy atom. The van der Waals surface area contributed by atoms with E-state index < -0.39 is 22.0 Å². The lowest BCUT2D eigenvalue weighted by atomic mass is 10.3. The number of nitrogens with zero attached hydrogens (tertiary/aromatic N) is 1. The third kappa shape index (κ3) is 3.03. The molecule has 8 heteroatoms. The van der Waals surface area contributed by atoms with Gasteiger partial charge in [0.05, 0.1) is 6.61 Å². The summed E-state index contributed by atoms with van der Waals surface area (Å²) >= 11 is 1.10. The zero-order valence-corrected chi connectivity index (χ0v) is 12.8. The van der Waals surface area contributed by atoms with Gasteiger partial charge in [-0.2, -0.15) is 4.31 Å². The molecule has 0 aromatic carbocycles. The number of aliphatic hydroxyl groups is 1. The number of carbonyl (C=O) groups excluding carboxylic acids is 1. The summed E-state index contributed by atoms with van der Waals surface area (Å²) in [4.78, 5) is 12.3. The quantitative estimate of drug-likeness (QED) is 0.834. The van der Waals surface area contributed by atoms with Gasteiger partial charge < -0.3 is 10.4 Å². The average Bonchev–Trinajstić information content (AvgIpc) is 3.09. The number of sulfonamides is 1. The van der Waals surface area contributed by atoms with Gasteiger partial charge in [-0.3, -0.25) is 4.79 Å². The first-order valence-electron chi connectivity index (χ1n) is 6.46. The van der Waals surface area contributed by atoms with E-state index in [1.807, 2.05) is 0 Å². The van der Waals surface area contributed by atoms with Crippen LogP contribution in [0.5, 0.6) is 0 Å². The second kappa shape index (κ2) is 6.21. The number of carbonyl (C=O) groups is 1. The van der Waals surface area contributed by atoms with Gasteiger partial charge in [-0.05, 0) is 31.2 Å². The molecule has 0 spiro atoms. The highest BCUT2D eigenvalue weighted by Gasteiger charge is 2.31. The minimum absolute atomic E-state index is 0.0621. The Morgan fingerprint density at radius 3 is 2.75 bits per heavy atom. The summed E-state index contributed by atoms with van der Waals surface area (Å²) < 4.78 is 26.4. The first-order valence-corrected chi connectivity index (χ1v) is 8.78. The van der Waals surface area contributed by atoms with Crippen LogP contribution < -0.4 is 5.32 Å². The molecule has 0 bridgehead atoms. The number of aliphatic hydroxyl groups excluding tert-OH is 1. The fraction of sp³-hybridized carbons (Fsp3) is 0.583. The fourth-order valence-electron chi connectivity index (χ4n) is 2.07. The lowest BCUT2D eigenvalue weighted by Crippen LogP contribution is -2.36. The standard InChI is InChI=1S/C12H18N2O4S2/c1-9(8-15)13-12(16)11-10(4-7-19-11)20(17,18)14-5-2-3-6-14/h4,7,9,15H,2-3,5-6,8H2,1H3,(H,13,16). The van der Waals surface area contributed by atoms with Crippen molar-refractivity contribution in [2.24, 2.45) is 0 Å². The molecule has 6 nitrogen and oxygen atoms in total. The highest BCUT2D eigenvalue weighted by atomic mass is 32.2. The summed E-state index contributed by atoms with van der Waals surface area (Å²) in [6.45, 7) is 2.48. The summed E-state index contributed by atoms with van der Waals surface area (Å²) in [5, 5.41) is 13.1. The van der Waals surface area contributed by atoms with Crippen molar-refractivity contribution < 1.29 is 18.3 Å². The Morgan fingerprint density at radius 2 is 2.15 bits per heavy atom. The number of hydrogen-bond donors (Lipinski definition) is 2. The Balaban J connectivity index is 2.26. The maximum atomic E-state index is 12.5. The van der Waals surface area contributed by atoms with Crippen molar-refractivity contribution in [2.75, 3.05) is 19.7 Å². The molecule has 0 aliphatic carbocycles. The molecule has 1 saturated heterocycles.